The van der Waals surface area contributed by atoms with Gasteiger partial charge in [0.15, 0.2) is 0 Å². The minimum atomic E-state index is -0.609. The maximum absolute atomic E-state index is 9.72. The van der Waals surface area contributed by atoms with Crippen LogP contribution in [0.3, 0.4) is 0 Å². The maximum Gasteiger partial charge on any atom is 0.0886 e. The van der Waals surface area contributed by atoms with E-state index in [0.29, 0.717) is 6.42 Å². The quantitative estimate of drug-likeness (QED) is 0.543. The van der Waals surface area contributed by atoms with Gasteiger partial charge in [-0.1, -0.05) is 12.1 Å². The van der Waals surface area contributed by atoms with Gasteiger partial charge in [-0.2, -0.15) is 4.91 Å². The number of nitrogens with zero attached hydrogens (tertiary/aromatic N) is 1. The number of hydrogen-bond donors (Lipinski definition) is 2. The Kier molecular flexibility index (Phi) is 5.06. The van der Waals surface area contributed by atoms with Gasteiger partial charge in [-0.15, -0.1) is 0 Å². The summed E-state index contributed by atoms with van der Waals surface area (Å²) in [5, 5.41) is 20.3. The summed E-state index contributed by atoms with van der Waals surface area (Å²) in [6.45, 7) is 1.60. The molecule has 2 atom stereocenters. The summed E-state index contributed by atoms with van der Waals surface area (Å²) in [5.74, 6) is -0.387. The lowest BCUT2D eigenvalue weighted by Gasteiger charge is -2.15. The van der Waals surface area contributed by atoms with Crippen LogP contribution in [0, 0.1) is 10.8 Å². The standard InChI is InChI=1S/C6H13NO3/c1-2-6(9)5(4-8)3-7-10/h5-6,8-9H,2-4H2,1H3/t5?,6-/m0/s1. The normalized spacial score (nSPS) is 16.3. The molecular weight excluding hydrogens is 134 g/mol. The minimum absolute atomic E-state index is 0.00843. The average molecular weight is 147 g/mol. The Morgan fingerprint density at radius 3 is 2.50 bits per heavy atom. The molecule has 0 heterocycles. The molecule has 0 aromatic heterocycles. The van der Waals surface area contributed by atoms with Gasteiger partial charge in [-0.25, -0.2) is 0 Å². The lowest BCUT2D eigenvalue weighted by atomic mass is 10.0. The molecule has 0 rings (SSSR count). The number of rotatable bonds is 5. The Morgan fingerprint density at radius 1 is 1.60 bits per heavy atom. The van der Waals surface area contributed by atoms with Gasteiger partial charge < -0.3 is 10.2 Å². The third kappa shape index (κ3) is 2.89. The van der Waals surface area contributed by atoms with Gasteiger partial charge in [0.05, 0.1) is 19.3 Å². The summed E-state index contributed by atoms with van der Waals surface area (Å²) in [7, 11) is 0. The summed E-state index contributed by atoms with van der Waals surface area (Å²) >= 11 is 0. The van der Waals surface area contributed by atoms with Crippen LogP contribution in [0.2, 0.25) is 0 Å². The molecule has 0 saturated heterocycles. The SMILES string of the molecule is CC[C@H](O)C(CO)CN=O. The molecule has 0 radical (unpaired) electrons. The molecule has 1 unspecified atom stereocenters. The van der Waals surface area contributed by atoms with E-state index in [1.807, 2.05) is 0 Å². The van der Waals surface area contributed by atoms with E-state index in [2.05, 4.69) is 5.18 Å². The lowest BCUT2D eigenvalue weighted by Crippen LogP contribution is -2.25. The Labute approximate surface area is 59.8 Å². The van der Waals surface area contributed by atoms with Crippen LogP contribution in [0.15, 0.2) is 5.18 Å². The first kappa shape index (κ1) is 9.52. The van der Waals surface area contributed by atoms with Crippen molar-refractivity contribution in [3.63, 3.8) is 0 Å². The first-order valence-electron chi connectivity index (χ1n) is 3.34. The Balaban J connectivity index is 3.67. The van der Waals surface area contributed by atoms with E-state index >= 15 is 0 Å². The summed E-state index contributed by atoms with van der Waals surface area (Å²) in [6, 6.07) is 0. The van der Waals surface area contributed by atoms with E-state index in [9.17, 15) is 4.91 Å². The van der Waals surface area contributed by atoms with Crippen molar-refractivity contribution in [2.45, 2.75) is 19.4 Å². The zero-order valence-corrected chi connectivity index (χ0v) is 6.03. The van der Waals surface area contributed by atoms with E-state index in [1.165, 1.54) is 0 Å². The van der Waals surface area contributed by atoms with Gasteiger partial charge in [0, 0.05) is 5.92 Å². The van der Waals surface area contributed by atoms with Crippen LogP contribution in [0.4, 0.5) is 0 Å². The number of aliphatic hydroxyl groups excluding tert-OH is 2. The summed E-state index contributed by atoms with van der Waals surface area (Å²) in [4.78, 5) is 9.72. The fourth-order valence-electron chi connectivity index (χ4n) is 0.730. The molecule has 0 amide bonds. The molecular formula is C6H13NO3. The van der Waals surface area contributed by atoms with Crippen molar-refractivity contribution in [2.75, 3.05) is 13.2 Å². The molecule has 2 N–H and O–H groups in total. The van der Waals surface area contributed by atoms with Gasteiger partial charge in [-0.05, 0) is 6.42 Å². The zero-order valence-electron chi connectivity index (χ0n) is 6.03. The van der Waals surface area contributed by atoms with Crippen LogP contribution in [-0.2, 0) is 0 Å². The number of aliphatic hydroxyl groups is 2. The molecule has 0 aliphatic heterocycles. The van der Waals surface area contributed by atoms with Crippen molar-refractivity contribution in [1.82, 2.24) is 0 Å². The highest BCUT2D eigenvalue weighted by Gasteiger charge is 2.16. The molecule has 0 saturated carbocycles. The molecule has 10 heavy (non-hydrogen) atoms. The highest BCUT2D eigenvalue weighted by Crippen LogP contribution is 2.06. The van der Waals surface area contributed by atoms with Crippen LogP contribution in [-0.4, -0.2) is 29.5 Å². The predicted octanol–water partition coefficient (Wildman–Crippen LogP) is 0.132. The van der Waals surface area contributed by atoms with Gasteiger partial charge in [-0.3, -0.25) is 0 Å². The van der Waals surface area contributed by atoms with Gasteiger partial charge in [0.1, 0.15) is 0 Å². The third-order valence-corrected chi connectivity index (χ3v) is 1.51. The van der Waals surface area contributed by atoms with Gasteiger partial charge in [0.2, 0.25) is 0 Å². The Bertz CT molecular complexity index is 97.0. The van der Waals surface area contributed by atoms with E-state index < -0.39 is 6.10 Å². The molecule has 60 valence electrons. The first-order chi connectivity index (χ1) is 4.76. The molecule has 0 aliphatic rings. The molecule has 0 aromatic carbocycles. The summed E-state index contributed by atoms with van der Waals surface area (Å²) < 4.78 is 0. The lowest BCUT2D eigenvalue weighted by molar-refractivity contribution is 0.0692. The maximum atomic E-state index is 9.72. The van der Waals surface area contributed by atoms with Crippen LogP contribution in [0.5, 0.6) is 0 Å². The molecule has 4 nitrogen and oxygen atoms in total. The van der Waals surface area contributed by atoms with Crippen molar-refractivity contribution in [3.05, 3.63) is 4.91 Å². The van der Waals surface area contributed by atoms with Crippen LogP contribution < -0.4 is 0 Å². The summed E-state index contributed by atoms with van der Waals surface area (Å²) in [6.07, 6.45) is -0.0662. The Morgan fingerprint density at radius 2 is 2.20 bits per heavy atom. The second-order valence-electron chi connectivity index (χ2n) is 2.23. The smallest absolute Gasteiger partial charge is 0.0886 e. The largest absolute Gasteiger partial charge is 0.396 e. The highest BCUT2D eigenvalue weighted by atomic mass is 16.3. The monoisotopic (exact) mass is 147 g/mol. The number of hydrogen-bond acceptors (Lipinski definition) is 4. The van der Waals surface area contributed by atoms with Crippen molar-refractivity contribution in [2.24, 2.45) is 11.1 Å². The summed E-state index contributed by atoms with van der Waals surface area (Å²) in [5.41, 5.74) is 0. The van der Waals surface area contributed by atoms with Crippen LogP contribution in [0.25, 0.3) is 0 Å². The minimum Gasteiger partial charge on any atom is -0.396 e. The highest BCUT2D eigenvalue weighted by molar-refractivity contribution is 4.68. The van der Waals surface area contributed by atoms with Gasteiger partial charge >= 0.3 is 0 Å². The zero-order chi connectivity index (χ0) is 7.98. The first-order valence-corrected chi connectivity index (χ1v) is 3.34. The third-order valence-electron chi connectivity index (χ3n) is 1.51. The molecule has 0 spiro atoms. The second-order valence-corrected chi connectivity index (χ2v) is 2.23. The fourth-order valence-corrected chi connectivity index (χ4v) is 0.730. The van der Waals surface area contributed by atoms with Crippen LogP contribution in [0.1, 0.15) is 13.3 Å². The van der Waals surface area contributed by atoms with Crippen molar-refractivity contribution >= 4 is 0 Å². The molecule has 4 heteroatoms. The van der Waals surface area contributed by atoms with Crippen LogP contribution >= 0.6 is 0 Å². The van der Waals surface area contributed by atoms with Crippen molar-refractivity contribution < 1.29 is 10.2 Å². The molecule has 0 bridgehead atoms. The van der Waals surface area contributed by atoms with Crippen molar-refractivity contribution in [3.8, 4) is 0 Å². The fraction of sp³-hybridized carbons (Fsp3) is 1.00. The Hall–Kier alpha value is -0.480. The van der Waals surface area contributed by atoms with Crippen molar-refractivity contribution in [1.29, 1.82) is 0 Å². The van der Waals surface area contributed by atoms with E-state index in [1.54, 1.807) is 6.92 Å². The average Bonchev–Trinajstić information content (AvgIpc) is 1.99. The molecule has 0 aromatic rings. The molecule has 0 aliphatic carbocycles. The number of nitroso groups, excluding NO2 is 1. The topological polar surface area (TPSA) is 69.9 Å². The van der Waals surface area contributed by atoms with E-state index in [4.69, 9.17) is 10.2 Å². The predicted molar refractivity (Wildman–Crippen MR) is 37.5 cm³/mol. The van der Waals surface area contributed by atoms with E-state index in [0.717, 1.165) is 0 Å². The molecule has 0 fully saturated rings. The second kappa shape index (κ2) is 5.32. The van der Waals surface area contributed by atoms with E-state index in [-0.39, 0.29) is 19.1 Å². The van der Waals surface area contributed by atoms with Gasteiger partial charge in [0.25, 0.3) is 0 Å².